The van der Waals surface area contributed by atoms with E-state index >= 15 is 0 Å². The minimum Gasteiger partial charge on any atom is -0.481 e. The van der Waals surface area contributed by atoms with Gasteiger partial charge in [0.15, 0.2) is 0 Å². The molecule has 3 heteroatoms. The minimum absolute atomic E-state index is 0.639. The number of hydrogen-bond acceptors (Lipinski definition) is 3. The van der Waals surface area contributed by atoms with Crippen LogP contribution in [0, 0.1) is 0 Å². The highest BCUT2D eigenvalue weighted by Gasteiger charge is 2.08. The summed E-state index contributed by atoms with van der Waals surface area (Å²) in [5.74, 6) is 0.639. The van der Waals surface area contributed by atoms with Crippen LogP contribution in [0.1, 0.15) is 0 Å². The van der Waals surface area contributed by atoms with Crippen molar-refractivity contribution in [3.63, 3.8) is 0 Å². The highest BCUT2D eigenvalue weighted by molar-refractivity contribution is 5.86. The summed E-state index contributed by atoms with van der Waals surface area (Å²) in [4.78, 5) is 8.55. The molecule has 18 heavy (non-hydrogen) atoms. The van der Waals surface area contributed by atoms with Crippen molar-refractivity contribution in [2.45, 2.75) is 0 Å². The van der Waals surface area contributed by atoms with Gasteiger partial charge in [0.2, 0.25) is 5.88 Å². The number of rotatable bonds is 2. The summed E-state index contributed by atoms with van der Waals surface area (Å²) in [6.45, 7) is 0. The van der Waals surface area contributed by atoms with E-state index in [-0.39, 0.29) is 0 Å². The SMILES string of the molecule is COc1nc2ccccc2cc1-c1ccncc1. The van der Waals surface area contributed by atoms with Gasteiger partial charge in [-0.25, -0.2) is 4.98 Å². The van der Waals surface area contributed by atoms with Crippen molar-refractivity contribution in [3.05, 3.63) is 54.9 Å². The van der Waals surface area contributed by atoms with E-state index in [0.29, 0.717) is 5.88 Å². The van der Waals surface area contributed by atoms with Crippen LogP contribution in [0.15, 0.2) is 54.9 Å². The molecule has 0 unspecified atom stereocenters. The number of methoxy groups -OCH3 is 1. The molecule has 88 valence electrons. The Morgan fingerprint density at radius 3 is 2.56 bits per heavy atom. The predicted octanol–water partition coefficient (Wildman–Crippen LogP) is 3.31. The molecule has 0 radical (unpaired) electrons. The molecule has 2 heterocycles. The molecule has 0 saturated carbocycles. The average molecular weight is 236 g/mol. The minimum atomic E-state index is 0.639. The first-order valence-electron chi connectivity index (χ1n) is 5.72. The van der Waals surface area contributed by atoms with Gasteiger partial charge in [-0.3, -0.25) is 4.98 Å². The number of hydrogen-bond donors (Lipinski definition) is 0. The molecule has 3 nitrogen and oxygen atoms in total. The number of pyridine rings is 2. The van der Waals surface area contributed by atoms with Crippen molar-refractivity contribution in [1.82, 2.24) is 9.97 Å². The zero-order chi connectivity index (χ0) is 12.4. The maximum atomic E-state index is 5.38. The van der Waals surface area contributed by atoms with Gasteiger partial charge in [-0.15, -0.1) is 0 Å². The fraction of sp³-hybridized carbons (Fsp3) is 0.0667. The summed E-state index contributed by atoms with van der Waals surface area (Å²) in [6.07, 6.45) is 3.54. The van der Waals surface area contributed by atoms with Gasteiger partial charge in [0.1, 0.15) is 0 Å². The topological polar surface area (TPSA) is 35.0 Å². The summed E-state index contributed by atoms with van der Waals surface area (Å²) in [7, 11) is 1.64. The average Bonchev–Trinajstić information content (AvgIpc) is 2.46. The molecule has 0 aliphatic rings. The predicted molar refractivity (Wildman–Crippen MR) is 71.5 cm³/mol. The zero-order valence-corrected chi connectivity index (χ0v) is 10.00. The molecule has 0 bridgehead atoms. The lowest BCUT2D eigenvalue weighted by Gasteiger charge is -2.09. The Balaban J connectivity index is 2.27. The van der Waals surface area contributed by atoms with E-state index < -0.39 is 0 Å². The number of nitrogens with zero attached hydrogens (tertiary/aromatic N) is 2. The molecule has 0 saturated heterocycles. The van der Waals surface area contributed by atoms with Crippen LogP contribution in [0.25, 0.3) is 22.0 Å². The van der Waals surface area contributed by atoms with Crippen LogP contribution < -0.4 is 4.74 Å². The number of benzene rings is 1. The first-order valence-corrected chi connectivity index (χ1v) is 5.72. The Kier molecular flexibility index (Phi) is 2.65. The normalized spacial score (nSPS) is 10.5. The molecule has 0 aliphatic heterocycles. The second-order valence-corrected chi connectivity index (χ2v) is 3.97. The Hall–Kier alpha value is -2.42. The molecule has 0 atom stereocenters. The van der Waals surface area contributed by atoms with E-state index in [1.54, 1.807) is 19.5 Å². The van der Waals surface area contributed by atoms with Crippen molar-refractivity contribution in [2.24, 2.45) is 0 Å². The number of aromatic nitrogens is 2. The maximum absolute atomic E-state index is 5.38. The summed E-state index contributed by atoms with van der Waals surface area (Å²) in [6, 6.07) is 14.0. The number of para-hydroxylation sites is 1. The third-order valence-corrected chi connectivity index (χ3v) is 2.87. The van der Waals surface area contributed by atoms with Crippen molar-refractivity contribution in [2.75, 3.05) is 7.11 Å². The van der Waals surface area contributed by atoms with E-state index in [1.807, 2.05) is 36.4 Å². The molecule has 0 fully saturated rings. The summed E-state index contributed by atoms with van der Waals surface area (Å²) < 4.78 is 5.38. The Morgan fingerprint density at radius 1 is 1.00 bits per heavy atom. The van der Waals surface area contributed by atoms with Crippen LogP contribution in [0.4, 0.5) is 0 Å². The first kappa shape index (κ1) is 10.7. The first-order chi connectivity index (χ1) is 8.88. The molecule has 3 aromatic rings. The second kappa shape index (κ2) is 4.45. The van der Waals surface area contributed by atoms with Crippen LogP contribution in [-0.2, 0) is 0 Å². The van der Waals surface area contributed by atoms with E-state index in [0.717, 1.165) is 22.0 Å². The molecule has 0 amide bonds. The van der Waals surface area contributed by atoms with Gasteiger partial charge in [0.05, 0.1) is 12.6 Å². The van der Waals surface area contributed by atoms with Gasteiger partial charge in [0.25, 0.3) is 0 Å². The number of ether oxygens (including phenoxy) is 1. The summed E-state index contributed by atoms with van der Waals surface area (Å²) >= 11 is 0. The Morgan fingerprint density at radius 2 is 1.78 bits per heavy atom. The van der Waals surface area contributed by atoms with E-state index in [2.05, 4.69) is 16.0 Å². The van der Waals surface area contributed by atoms with Crippen molar-refractivity contribution in [3.8, 4) is 17.0 Å². The Labute approximate surface area is 105 Å². The lowest BCUT2D eigenvalue weighted by Crippen LogP contribution is -1.92. The van der Waals surface area contributed by atoms with Gasteiger partial charge in [0, 0.05) is 23.3 Å². The molecular formula is C15H12N2O. The lowest BCUT2D eigenvalue weighted by molar-refractivity contribution is 0.401. The third-order valence-electron chi connectivity index (χ3n) is 2.87. The molecule has 3 rings (SSSR count). The van der Waals surface area contributed by atoms with Gasteiger partial charge in [-0.1, -0.05) is 18.2 Å². The zero-order valence-electron chi connectivity index (χ0n) is 10.00. The van der Waals surface area contributed by atoms with Gasteiger partial charge in [-0.05, 0) is 29.8 Å². The highest BCUT2D eigenvalue weighted by Crippen LogP contribution is 2.30. The smallest absolute Gasteiger partial charge is 0.221 e. The maximum Gasteiger partial charge on any atom is 0.221 e. The molecule has 2 aromatic heterocycles. The summed E-state index contributed by atoms with van der Waals surface area (Å²) in [5.41, 5.74) is 2.98. The molecule has 1 aromatic carbocycles. The quantitative estimate of drug-likeness (QED) is 0.684. The van der Waals surface area contributed by atoms with Crippen LogP contribution in [0.3, 0.4) is 0 Å². The second-order valence-electron chi connectivity index (χ2n) is 3.97. The van der Waals surface area contributed by atoms with Crippen molar-refractivity contribution in [1.29, 1.82) is 0 Å². The largest absolute Gasteiger partial charge is 0.481 e. The van der Waals surface area contributed by atoms with E-state index in [1.165, 1.54) is 0 Å². The fourth-order valence-electron chi connectivity index (χ4n) is 1.99. The van der Waals surface area contributed by atoms with Crippen LogP contribution in [0.2, 0.25) is 0 Å². The Bertz CT molecular complexity index is 680. The molecular weight excluding hydrogens is 224 g/mol. The molecule has 0 N–H and O–H groups in total. The standard InChI is InChI=1S/C15H12N2O/c1-18-15-13(11-6-8-16-9-7-11)10-12-4-2-3-5-14(12)17-15/h2-10H,1H3. The van der Waals surface area contributed by atoms with Gasteiger partial charge < -0.3 is 4.74 Å². The summed E-state index contributed by atoms with van der Waals surface area (Å²) in [5, 5.41) is 1.10. The lowest BCUT2D eigenvalue weighted by atomic mass is 10.1. The van der Waals surface area contributed by atoms with Gasteiger partial charge in [-0.2, -0.15) is 0 Å². The molecule has 0 spiro atoms. The van der Waals surface area contributed by atoms with Crippen LogP contribution in [-0.4, -0.2) is 17.1 Å². The van der Waals surface area contributed by atoms with E-state index in [9.17, 15) is 0 Å². The van der Waals surface area contributed by atoms with Crippen LogP contribution >= 0.6 is 0 Å². The number of fused-ring (bicyclic) bond motifs is 1. The van der Waals surface area contributed by atoms with Crippen molar-refractivity contribution >= 4 is 10.9 Å². The van der Waals surface area contributed by atoms with Gasteiger partial charge >= 0.3 is 0 Å². The van der Waals surface area contributed by atoms with E-state index in [4.69, 9.17) is 4.74 Å². The molecule has 0 aliphatic carbocycles. The highest BCUT2D eigenvalue weighted by atomic mass is 16.5. The third kappa shape index (κ3) is 1.80. The van der Waals surface area contributed by atoms with Crippen molar-refractivity contribution < 1.29 is 4.74 Å². The fourth-order valence-corrected chi connectivity index (χ4v) is 1.99. The van der Waals surface area contributed by atoms with Crippen LogP contribution in [0.5, 0.6) is 5.88 Å². The monoisotopic (exact) mass is 236 g/mol.